The Morgan fingerprint density at radius 1 is 1.05 bits per heavy atom. The lowest BCUT2D eigenvalue weighted by Gasteiger charge is -2.09. The molecule has 0 saturated carbocycles. The quantitative estimate of drug-likeness (QED) is 0.440. The maximum Gasteiger partial charge on any atom is 0.0697 e. The molecule has 0 bridgehead atoms. The third kappa shape index (κ3) is 4.27. The van der Waals surface area contributed by atoms with Gasteiger partial charge in [-0.05, 0) is 42.8 Å². The molecule has 0 fully saturated rings. The van der Waals surface area contributed by atoms with Crippen LogP contribution in [0.5, 0.6) is 0 Å². The van der Waals surface area contributed by atoms with Crippen molar-refractivity contribution < 1.29 is 0 Å². The SMILES string of the molecule is CC/C(=N\Nc1cc(Cl)cc(Cl)c1)c1cc(Cl)ccc1N. The number of nitrogen functional groups attached to an aromatic ring is 1. The predicted molar refractivity (Wildman–Crippen MR) is 92.8 cm³/mol. The lowest BCUT2D eigenvalue weighted by Crippen LogP contribution is -2.06. The number of hydrogen-bond donors (Lipinski definition) is 2. The maximum atomic E-state index is 6.01. The minimum atomic E-state index is 0.542. The topological polar surface area (TPSA) is 50.4 Å². The molecule has 3 nitrogen and oxygen atoms in total. The summed E-state index contributed by atoms with van der Waals surface area (Å²) < 4.78 is 0. The molecule has 2 aromatic carbocycles. The molecule has 0 aliphatic heterocycles. The van der Waals surface area contributed by atoms with E-state index in [9.17, 15) is 0 Å². The zero-order chi connectivity index (χ0) is 15.4. The van der Waals surface area contributed by atoms with Gasteiger partial charge < -0.3 is 5.73 Å². The Balaban J connectivity index is 2.30. The average Bonchev–Trinajstić information content (AvgIpc) is 2.42. The first-order valence-corrected chi connectivity index (χ1v) is 7.47. The summed E-state index contributed by atoms with van der Waals surface area (Å²) >= 11 is 17.9. The Morgan fingerprint density at radius 2 is 1.71 bits per heavy atom. The van der Waals surface area contributed by atoms with Crippen LogP contribution in [0, 0.1) is 0 Å². The molecular weight excluding hydrogens is 329 g/mol. The number of hydrogen-bond acceptors (Lipinski definition) is 3. The highest BCUT2D eigenvalue weighted by Gasteiger charge is 2.07. The van der Waals surface area contributed by atoms with Gasteiger partial charge in [-0.2, -0.15) is 5.10 Å². The minimum absolute atomic E-state index is 0.542. The number of halogens is 3. The Kier molecular flexibility index (Phi) is 5.34. The number of rotatable bonds is 4. The molecule has 6 heteroatoms. The van der Waals surface area contributed by atoms with Crippen LogP contribution in [-0.2, 0) is 0 Å². The second-order valence-corrected chi connectivity index (χ2v) is 5.72. The molecule has 0 aliphatic rings. The largest absolute Gasteiger partial charge is 0.398 e. The normalized spacial score (nSPS) is 11.5. The van der Waals surface area contributed by atoms with Crippen molar-refractivity contribution in [3.05, 3.63) is 57.0 Å². The molecule has 2 aromatic rings. The first-order valence-electron chi connectivity index (χ1n) is 6.33. The van der Waals surface area contributed by atoms with E-state index in [4.69, 9.17) is 40.5 Å². The molecule has 21 heavy (non-hydrogen) atoms. The van der Waals surface area contributed by atoms with E-state index in [0.717, 1.165) is 11.3 Å². The van der Waals surface area contributed by atoms with Crippen LogP contribution < -0.4 is 11.2 Å². The second kappa shape index (κ2) is 7.03. The molecule has 0 unspecified atom stereocenters. The van der Waals surface area contributed by atoms with E-state index in [-0.39, 0.29) is 0 Å². The van der Waals surface area contributed by atoms with Crippen LogP contribution in [0.3, 0.4) is 0 Å². The fourth-order valence-electron chi connectivity index (χ4n) is 1.86. The minimum Gasteiger partial charge on any atom is -0.398 e. The number of anilines is 2. The summed E-state index contributed by atoms with van der Waals surface area (Å²) in [6.07, 6.45) is 0.700. The highest BCUT2D eigenvalue weighted by atomic mass is 35.5. The van der Waals surface area contributed by atoms with Gasteiger partial charge in [-0.15, -0.1) is 0 Å². The van der Waals surface area contributed by atoms with Crippen molar-refractivity contribution in [3.8, 4) is 0 Å². The molecule has 0 spiro atoms. The molecule has 0 radical (unpaired) electrons. The van der Waals surface area contributed by atoms with Gasteiger partial charge in [0.05, 0.1) is 11.4 Å². The summed E-state index contributed by atoms with van der Waals surface area (Å²) in [5.74, 6) is 0. The lowest BCUT2D eigenvalue weighted by atomic mass is 10.1. The maximum absolute atomic E-state index is 6.01. The zero-order valence-electron chi connectivity index (χ0n) is 11.3. The van der Waals surface area contributed by atoms with Crippen molar-refractivity contribution in [1.29, 1.82) is 0 Å². The Labute approximate surface area is 138 Å². The van der Waals surface area contributed by atoms with E-state index in [0.29, 0.717) is 32.9 Å². The summed E-state index contributed by atoms with van der Waals surface area (Å²) in [7, 11) is 0. The van der Waals surface area contributed by atoms with E-state index in [2.05, 4.69) is 10.5 Å². The number of benzene rings is 2. The summed E-state index contributed by atoms with van der Waals surface area (Å²) in [5, 5.41) is 6.08. The number of hydrazone groups is 1. The van der Waals surface area contributed by atoms with Crippen molar-refractivity contribution >= 4 is 51.9 Å². The van der Waals surface area contributed by atoms with Gasteiger partial charge >= 0.3 is 0 Å². The molecule has 0 amide bonds. The molecule has 0 aliphatic carbocycles. The molecule has 0 heterocycles. The lowest BCUT2D eigenvalue weighted by molar-refractivity contribution is 1.22. The summed E-state index contributed by atoms with van der Waals surface area (Å²) in [5.41, 5.74) is 11.9. The van der Waals surface area contributed by atoms with Gasteiger partial charge in [-0.3, -0.25) is 5.43 Å². The smallest absolute Gasteiger partial charge is 0.0697 e. The summed E-state index contributed by atoms with van der Waals surface area (Å²) in [4.78, 5) is 0. The van der Waals surface area contributed by atoms with Gasteiger partial charge in [0.1, 0.15) is 0 Å². The summed E-state index contributed by atoms with van der Waals surface area (Å²) in [6, 6.07) is 10.5. The Hall–Kier alpha value is -1.42. The van der Waals surface area contributed by atoms with E-state index in [1.165, 1.54) is 0 Å². The molecule has 2 rings (SSSR count). The van der Waals surface area contributed by atoms with Crippen molar-refractivity contribution in [2.45, 2.75) is 13.3 Å². The van der Waals surface area contributed by atoms with Crippen LogP contribution in [0.4, 0.5) is 11.4 Å². The Bertz CT molecular complexity index is 664. The monoisotopic (exact) mass is 341 g/mol. The van der Waals surface area contributed by atoms with Crippen LogP contribution >= 0.6 is 34.8 Å². The van der Waals surface area contributed by atoms with Crippen LogP contribution in [0.2, 0.25) is 15.1 Å². The first kappa shape index (κ1) is 16.0. The van der Waals surface area contributed by atoms with E-state index in [1.807, 2.05) is 6.92 Å². The van der Waals surface area contributed by atoms with Crippen molar-refractivity contribution in [1.82, 2.24) is 0 Å². The van der Waals surface area contributed by atoms with Crippen LogP contribution in [0.1, 0.15) is 18.9 Å². The van der Waals surface area contributed by atoms with Gasteiger partial charge in [0.25, 0.3) is 0 Å². The van der Waals surface area contributed by atoms with Crippen LogP contribution in [0.25, 0.3) is 0 Å². The van der Waals surface area contributed by atoms with Gasteiger partial charge in [-0.25, -0.2) is 0 Å². The van der Waals surface area contributed by atoms with Gasteiger partial charge in [0.2, 0.25) is 0 Å². The summed E-state index contributed by atoms with van der Waals surface area (Å²) in [6.45, 7) is 1.99. The van der Waals surface area contributed by atoms with Crippen LogP contribution in [-0.4, -0.2) is 5.71 Å². The zero-order valence-corrected chi connectivity index (χ0v) is 13.6. The van der Waals surface area contributed by atoms with E-state index in [1.54, 1.807) is 36.4 Å². The molecule has 0 aromatic heterocycles. The number of nitrogens with one attached hydrogen (secondary N) is 1. The number of nitrogens with zero attached hydrogens (tertiary/aromatic N) is 1. The van der Waals surface area contributed by atoms with Crippen molar-refractivity contribution in [2.24, 2.45) is 5.10 Å². The van der Waals surface area contributed by atoms with Crippen molar-refractivity contribution in [3.63, 3.8) is 0 Å². The molecular formula is C15H14Cl3N3. The van der Waals surface area contributed by atoms with Gasteiger partial charge in [0, 0.05) is 26.3 Å². The Morgan fingerprint density at radius 3 is 2.33 bits per heavy atom. The first-order chi connectivity index (χ1) is 9.99. The molecule has 0 saturated heterocycles. The standard InChI is InChI=1S/C15H14Cl3N3/c1-2-15(13-8-9(16)3-4-14(13)19)21-20-12-6-10(17)5-11(18)7-12/h3-8,20H,2,19H2,1H3/b21-15+. The molecule has 0 atom stereocenters. The highest BCUT2D eigenvalue weighted by molar-refractivity contribution is 6.35. The van der Waals surface area contributed by atoms with Gasteiger partial charge in [0.15, 0.2) is 0 Å². The van der Waals surface area contributed by atoms with E-state index < -0.39 is 0 Å². The van der Waals surface area contributed by atoms with E-state index >= 15 is 0 Å². The predicted octanol–water partition coefficient (Wildman–Crippen LogP) is 5.46. The third-order valence-corrected chi connectivity index (χ3v) is 3.52. The molecule has 3 N–H and O–H groups in total. The second-order valence-electron chi connectivity index (χ2n) is 4.41. The fraction of sp³-hybridized carbons (Fsp3) is 0.133. The molecule has 110 valence electrons. The van der Waals surface area contributed by atoms with Gasteiger partial charge in [-0.1, -0.05) is 41.7 Å². The number of nitrogens with two attached hydrogens (primary N) is 1. The van der Waals surface area contributed by atoms with Crippen molar-refractivity contribution in [2.75, 3.05) is 11.2 Å². The third-order valence-electron chi connectivity index (χ3n) is 2.84. The van der Waals surface area contributed by atoms with Crippen LogP contribution in [0.15, 0.2) is 41.5 Å². The average molecular weight is 343 g/mol. The highest BCUT2D eigenvalue weighted by Crippen LogP contribution is 2.23. The fourth-order valence-corrected chi connectivity index (χ4v) is 2.56.